The Kier molecular flexibility index (Phi) is 5.18. The second kappa shape index (κ2) is 7.52. The molecule has 25 heavy (non-hydrogen) atoms. The SMILES string of the molecule is CCOCCCNC(=O)Cn1nc(CC)n2c(cc3occc32)c1=O. The number of hydrogen-bond donors (Lipinski definition) is 1. The van der Waals surface area contributed by atoms with E-state index >= 15 is 0 Å². The molecule has 3 heterocycles. The number of rotatable bonds is 8. The van der Waals surface area contributed by atoms with Crippen molar-refractivity contribution < 1.29 is 13.9 Å². The maximum atomic E-state index is 12.7. The molecule has 8 nitrogen and oxygen atoms in total. The Morgan fingerprint density at radius 3 is 2.96 bits per heavy atom. The van der Waals surface area contributed by atoms with Crippen molar-refractivity contribution in [3.05, 3.63) is 34.6 Å². The molecule has 0 aliphatic carbocycles. The van der Waals surface area contributed by atoms with Crippen LogP contribution < -0.4 is 10.9 Å². The summed E-state index contributed by atoms with van der Waals surface area (Å²) in [6.45, 7) is 5.54. The highest BCUT2D eigenvalue weighted by Crippen LogP contribution is 2.20. The van der Waals surface area contributed by atoms with Crippen LogP contribution in [0.5, 0.6) is 0 Å². The molecule has 0 aliphatic heterocycles. The molecule has 0 atom stereocenters. The van der Waals surface area contributed by atoms with Crippen LogP contribution in [0.25, 0.3) is 16.6 Å². The van der Waals surface area contributed by atoms with Gasteiger partial charge in [0.15, 0.2) is 5.58 Å². The van der Waals surface area contributed by atoms with Crippen LogP contribution in [0.15, 0.2) is 27.6 Å². The van der Waals surface area contributed by atoms with E-state index in [1.54, 1.807) is 22.8 Å². The Bertz CT molecular complexity index is 937. The molecular weight excluding hydrogens is 324 g/mol. The van der Waals surface area contributed by atoms with Gasteiger partial charge in [-0.15, -0.1) is 0 Å². The third kappa shape index (κ3) is 3.43. The predicted molar refractivity (Wildman–Crippen MR) is 92.7 cm³/mol. The molecule has 0 aliphatic rings. The number of carbonyl (C=O) groups excluding carboxylic acids is 1. The van der Waals surface area contributed by atoms with Gasteiger partial charge in [0, 0.05) is 38.3 Å². The minimum atomic E-state index is -0.312. The highest BCUT2D eigenvalue weighted by Gasteiger charge is 2.16. The van der Waals surface area contributed by atoms with Crippen molar-refractivity contribution >= 4 is 22.5 Å². The van der Waals surface area contributed by atoms with Crippen molar-refractivity contribution in [3.8, 4) is 0 Å². The highest BCUT2D eigenvalue weighted by atomic mass is 16.5. The Labute approximate surface area is 144 Å². The molecule has 1 N–H and O–H groups in total. The summed E-state index contributed by atoms with van der Waals surface area (Å²) in [7, 11) is 0. The minimum Gasteiger partial charge on any atom is -0.463 e. The van der Waals surface area contributed by atoms with Crippen molar-refractivity contribution in [3.63, 3.8) is 0 Å². The Morgan fingerprint density at radius 1 is 1.36 bits per heavy atom. The number of aromatic nitrogens is 3. The summed E-state index contributed by atoms with van der Waals surface area (Å²) in [6.07, 6.45) is 2.94. The van der Waals surface area contributed by atoms with Crippen LogP contribution in [0.1, 0.15) is 26.1 Å². The van der Waals surface area contributed by atoms with Crippen molar-refractivity contribution in [2.45, 2.75) is 33.2 Å². The molecule has 0 unspecified atom stereocenters. The van der Waals surface area contributed by atoms with Crippen molar-refractivity contribution in [1.82, 2.24) is 19.5 Å². The predicted octanol–water partition coefficient (Wildman–Crippen LogP) is 1.35. The number of nitrogens with one attached hydrogen (secondary N) is 1. The lowest BCUT2D eigenvalue weighted by molar-refractivity contribution is -0.121. The largest absolute Gasteiger partial charge is 0.463 e. The first kappa shape index (κ1) is 17.2. The van der Waals surface area contributed by atoms with Crippen LogP contribution in [0, 0.1) is 0 Å². The zero-order chi connectivity index (χ0) is 17.8. The van der Waals surface area contributed by atoms with Gasteiger partial charge in [0.1, 0.15) is 17.9 Å². The van der Waals surface area contributed by atoms with Crippen molar-refractivity contribution in [1.29, 1.82) is 0 Å². The van der Waals surface area contributed by atoms with E-state index in [1.165, 1.54) is 4.68 Å². The van der Waals surface area contributed by atoms with Gasteiger partial charge in [-0.1, -0.05) is 6.92 Å². The number of aryl methyl sites for hydroxylation is 1. The molecule has 0 bridgehead atoms. The monoisotopic (exact) mass is 346 g/mol. The number of carbonyl (C=O) groups is 1. The summed E-state index contributed by atoms with van der Waals surface area (Å²) in [5.41, 5.74) is 1.59. The lowest BCUT2D eigenvalue weighted by atomic mass is 10.4. The van der Waals surface area contributed by atoms with Crippen LogP contribution in [0.2, 0.25) is 0 Å². The van der Waals surface area contributed by atoms with Gasteiger partial charge in [-0.05, 0) is 13.3 Å². The smallest absolute Gasteiger partial charge is 0.291 e. The summed E-state index contributed by atoms with van der Waals surface area (Å²) >= 11 is 0. The minimum absolute atomic E-state index is 0.108. The molecule has 0 saturated carbocycles. The zero-order valence-electron chi connectivity index (χ0n) is 14.4. The molecule has 0 saturated heterocycles. The van der Waals surface area contributed by atoms with Gasteiger partial charge in [0.05, 0.1) is 11.8 Å². The molecule has 0 spiro atoms. The van der Waals surface area contributed by atoms with E-state index in [0.29, 0.717) is 43.1 Å². The van der Waals surface area contributed by atoms with Crippen LogP contribution in [0.4, 0.5) is 0 Å². The van der Waals surface area contributed by atoms with Gasteiger partial charge in [0.2, 0.25) is 5.91 Å². The first-order valence-corrected chi connectivity index (χ1v) is 8.48. The number of hydrogen-bond acceptors (Lipinski definition) is 5. The van der Waals surface area contributed by atoms with Crippen LogP contribution >= 0.6 is 0 Å². The van der Waals surface area contributed by atoms with E-state index in [0.717, 1.165) is 11.9 Å². The maximum absolute atomic E-state index is 12.7. The first-order chi connectivity index (χ1) is 12.2. The van der Waals surface area contributed by atoms with Gasteiger partial charge >= 0.3 is 0 Å². The van der Waals surface area contributed by atoms with Gasteiger partial charge < -0.3 is 14.5 Å². The van der Waals surface area contributed by atoms with E-state index in [4.69, 9.17) is 9.15 Å². The molecule has 3 rings (SSSR count). The standard InChI is InChI=1S/C17H22N4O4/c1-3-15-19-20(11-16(22)18-7-5-8-24-4-2)17(23)13-10-14-12(21(13)15)6-9-25-14/h6,9-10H,3-5,7-8,11H2,1-2H3,(H,18,22). The summed E-state index contributed by atoms with van der Waals surface area (Å²) < 4.78 is 13.6. The van der Waals surface area contributed by atoms with E-state index in [1.807, 2.05) is 13.8 Å². The van der Waals surface area contributed by atoms with Crippen LogP contribution in [0.3, 0.4) is 0 Å². The van der Waals surface area contributed by atoms with Crippen molar-refractivity contribution in [2.75, 3.05) is 19.8 Å². The third-order valence-electron chi connectivity index (χ3n) is 3.97. The van der Waals surface area contributed by atoms with Gasteiger partial charge in [-0.2, -0.15) is 5.10 Å². The maximum Gasteiger partial charge on any atom is 0.291 e. The van der Waals surface area contributed by atoms with Gasteiger partial charge in [0.25, 0.3) is 5.56 Å². The molecule has 8 heteroatoms. The van der Waals surface area contributed by atoms with Gasteiger partial charge in [-0.3, -0.25) is 14.0 Å². The van der Waals surface area contributed by atoms with E-state index < -0.39 is 0 Å². The second-order valence-corrected chi connectivity index (χ2v) is 5.67. The Morgan fingerprint density at radius 2 is 2.20 bits per heavy atom. The van der Waals surface area contributed by atoms with E-state index in [9.17, 15) is 9.59 Å². The van der Waals surface area contributed by atoms with Gasteiger partial charge in [-0.25, -0.2) is 4.68 Å². The number of furan rings is 1. The Hall–Kier alpha value is -2.61. The third-order valence-corrected chi connectivity index (χ3v) is 3.97. The van der Waals surface area contributed by atoms with Crippen LogP contribution in [-0.2, 0) is 22.5 Å². The number of ether oxygens (including phenoxy) is 1. The fraction of sp³-hybridized carbons (Fsp3) is 0.471. The first-order valence-electron chi connectivity index (χ1n) is 8.48. The second-order valence-electron chi connectivity index (χ2n) is 5.67. The number of nitrogens with zero attached hydrogens (tertiary/aromatic N) is 3. The molecular formula is C17H22N4O4. The Balaban J connectivity index is 1.81. The lowest BCUT2D eigenvalue weighted by Gasteiger charge is -2.10. The topological polar surface area (TPSA) is 90.8 Å². The summed E-state index contributed by atoms with van der Waals surface area (Å²) in [4.78, 5) is 24.7. The average Bonchev–Trinajstić information content (AvgIpc) is 3.18. The fourth-order valence-electron chi connectivity index (χ4n) is 2.80. The van der Waals surface area contributed by atoms with Crippen LogP contribution in [-0.4, -0.2) is 39.8 Å². The normalized spacial score (nSPS) is 11.4. The molecule has 3 aromatic rings. The molecule has 0 fully saturated rings. The van der Waals surface area contributed by atoms with Crippen molar-refractivity contribution in [2.24, 2.45) is 0 Å². The summed E-state index contributed by atoms with van der Waals surface area (Å²) in [6, 6.07) is 3.49. The zero-order valence-corrected chi connectivity index (χ0v) is 14.4. The summed E-state index contributed by atoms with van der Waals surface area (Å²) in [5, 5.41) is 7.14. The van der Waals surface area contributed by atoms with E-state index in [2.05, 4.69) is 10.4 Å². The average molecular weight is 346 g/mol. The number of amides is 1. The lowest BCUT2D eigenvalue weighted by Crippen LogP contribution is -2.35. The highest BCUT2D eigenvalue weighted by molar-refractivity contribution is 5.82. The molecule has 0 aromatic carbocycles. The molecule has 0 radical (unpaired) electrons. The fourth-order valence-corrected chi connectivity index (χ4v) is 2.80. The molecule has 134 valence electrons. The number of fused-ring (bicyclic) bond motifs is 3. The van der Waals surface area contributed by atoms with E-state index in [-0.39, 0.29) is 18.0 Å². The quantitative estimate of drug-likeness (QED) is 0.622. The molecule has 1 amide bonds. The molecule has 3 aromatic heterocycles. The summed E-state index contributed by atoms with van der Waals surface area (Å²) in [5.74, 6) is 0.461.